The Morgan fingerprint density at radius 1 is 1.20 bits per heavy atom. The molecule has 1 N–H and O–H groups in total. The van der Waals surface area contributed by atoms with E-state index in [1.54, 1.807) is 13.0 Å². The summed E-state index contributed by atoms with van der Waals surface area (Å²) < 4.78 is 27.6. The molecule has 2 rings (SSSR count). The van der Waals surface area contributed by atoms with E-state index in [2.05, 4.69) is 21.2 Å². The Kier molecular flexibility index (Phi) is 5.13. The van der Waals surface area contributed by atoms with Gasteiger partial charge in [-0.1, -0.05) is 17.7 Å². The summed E-state index contributed by atoms with van der Waals surface area (Å²) in [6.45, 7) is 2.33. The van der Waals surface area contributed by atoms with Crippen LogP contribution in [-0.2, 0) is 6.54 Å². The number of nitrogens with one attached hydrogen (secondary N) is 1. The second-order valence-corrected chi connectivity index (χ2v) is 5.78. The molecule has 0 bridgehead atoms. The van der Waals surface area contributed by atoms with Crippen molar-refractivity contribution in [2.75, 3.05) is 0 Å². The van der Waals surface area contributed by atoms with Crippen molar-refractivity contribution in [1.29, 1.82) is 0 Å². The molecule has 0 radical (unpaired) electrons. The van der Waals surface area contributed by atoms with Crippen molar-refractivity contribution in [3.63, 3.8) is 0 Å². The highest BCUT2D eigenvalue weighted by atomic mass is 79.9. The van der Waals surface area contributed by atoms with Gasteiger partial charge in [-0.25, -0.2) is 8.78 Å². The Morgan fingerprint density at radius 2 is 1.95 bits per heavy atom. The van der Waals surface area contributed by atoms with Gasteiger partial charge in [0.2, 0.25) is 0 Å². The van der Waals surface area contributed by atoms with Crippen molar-refractivity contribution in [1.82, 2.24) is 5.32 Å². The first-order valence-corrected chi connectivity index (χ1v) is 7.26. The van der Waals surface area contributed by atoms with Crippen LogP contribution in [0.3, 0.4) is 0 Å². The monoisotopic (exact) mass is 359 g/mol. The molecule has 20 heavy (non-hydrogen) atoms. The third kappa shape index (κ3) is 3.78. The minimum absolute atomic E-state index is 0.292. The lowest BCUT2D eigenvalue weighted by Gasteiger charge is -2.15. The lowest BCUT2D eigenvalue weighted by atomic mass is 10.1. The first-order valence-electron chi connectivity index (χ1n) is 6.09. The molecular weight excluding hydrogens is 348 g/mol. The van der Waals surface area contributed by atoms with Crippen molar-refractivity contribution in [3.05, 3.63) is 68.7 Å². The minimum atomic E-state index is -0.440. The third-order valence-corrected chi connectivity index (χ3v) is 4.23. The second-order valence-electron chi connectivity index (χ2n) is 4.52. The van der Waals surface area contributed by atoms with Crippen LogP contribution in [0.5, 0.6) is 0 Å². The molecule has 0 heterocycles. The molecule has 0 saturated heterocycles. The molecule has 0 spiro atoms. The lowest BCUT2D eigenvalue weighted by molar-refractivity contribution is 0.518. The fourth-order valence-corrected chi connectivity index (χ4v) is 2.42. The van der Waals surface area contributed by atoms with Crippen LogP contribution in [0, 0.1) is 11.6 Å². The molecule has 1 unspecified atom stereocenters. The molecule has 5 heteroatoms. The number of hydrogen-bond acceptors (Lipinski definition) is 1. The molecule has 1 atom stereocenters. The Bertz CT molecular complexity index is 619. The minimum Gasteiger partial charge on any atom is -0.306 e. The van der Waals surface area contributed by atoms with E-state index in [9.17, 15) is 8.78 Å². The number of benzene rings is 2. The summed E-state index contributed by atoms with van der Waals surface area (Å²) in [6.07, 6.45) is 0. The van der Waals surface area contributed by atoms with Crippen molar-refractivity contribution in [2.45, 2.75) is 19.5 Å². The maximum Gasteiger partial charge on any atom is 0.128 e. The van der Waals surface area contributed by atoms with Gasteiger partial charge < -0.3 is 5.32 Å². The molecule has 0 aliphatic heterocycles. The van der Waals surface area contributed by atoms with Crippen molar-refractivity contribution >= 4 is 27.5 Å². The van der Waals surface area contributed by atoms with Gasteiger partial charge in [-0.2, -0.15) is 0 Å². The highest BCUT2D eigenvalue weighted by Crippen LogP contribution is 2.24. The molecule has 0 aliphatic carbocycles. The first-order chi connectivity index (χ1) is 9.47. The fraction of sp³-hybridized carbons (Fsp3) is 0.200. The van der Waals surface area contributed by atoms with Crippen LogP contribution in [-0.4, -0.2) is 0 Å². The Balaban J connectivity index is 2.06. The second kappa shape index (κ2) is 6.66. The smallest absolute Gasteiger partial charge is 0.128 e. The van der Waals surface area contributed by atoms with Crippen LogP contribution in [0.15, 0.2) is 40.9 Å². The Hall–Kier alpha value is -0.970. The van der Waals surface area contributed by atoms with E-state index in [-0.39, 0.29) is 6.04 Å². The molecule has 0 fully saturated rings. The largest absolute Gasteiger partial charge is 0.306 e. The predicted molar refractivity (Wildman–Crippen MR) is 80.8 cm³/mol. The van der Waals surface area contributed by atoms with E-state index in [0.29, 0.717) is 17.1 Å². The average molecular weight is 361 g/mol. The predicted octanol–water partition coefficient (Wildman–Crippen LogP) is 5.23. The van der Waals surface area contributed by atoms with Crippen LogP contribution in [0.1, 0.15) is 24.1 Å². The zero-order valence-corrected chi connectivity index (χ0v) is 13.1. The van der Waals surface area contributed by atoms with Crippen molar-refractivity contribution in [3.8, 4) is 0 Å². The van der Waals surface area contributed by atoms with E-state index in [0.717, 1.165) is 22.2 Å². The normalized spacial score (nSPS) is 12.4. The van der Waals surface area contributed by atoms with E-state index in [4.69, 9.17) is 11.6 Å². The molecule has 0 saturated carbocycles. The van der Waals surface area contributed by atoms with Crippen LogP contribution >= 0.6 is 27.5 Å². The maximum absolute atomic E-state index is 13.6. The summed E-state index contributed by atoms with van der Waals surface area (Å²) >= 11 is 9.27. The Morgan fingerprint density at radius 3 is 2.65 bits per heavy atom. The quantitative estimate of drug-likeness (QED) is 0.787. The summed E-state index contributed by atoms with van der Waals surface area (Å²) in [4.78, 5) is 0. The van der Waals surface area contributed by atoms with Gasteiger partial charge in [0.15, 0.2) is 0 Å². The van der Waals surface area contributed by atoms with E-state index < -0.39 is 11.6 Å². The standard InChI is InChI=1S/C15H13BrClF2N/c1-9(12-7-11(18)3-5-15(12)19)20-8-10-2-4-14(17)13(16)6-10/h2-7,9,20H,8H2,1H3. The fourth-order valence-electron chi connectivity index (χ4n) is 1.88. The molecule has 0 amide bonds. The van der Waals surface area contributed by atoms with E-state index in [1.165, 1.54) is 6.07 Å². The number of rotatable bonds is 4. The number of hydrogen-bond donors (Lipinski definition) is 1. The topological polar surface area (TPSA) is 12.0 Å². The van der Waals surface area contributed by atoms with Gasteiger partial charge in [-0.3, -0.25) is 0 Å². The SMILES string of the molecule is CC(NCc1ccc(Cl)c(Br)c1)c1cc(F)ccc1F. The molecular formula is C15H13BrClF2N. The lowest BCUT2D eigenvalue weighted by Crippen LogP contribution is -2.19. The van der Waals surface area contributed by atoms with Gasteiger partial charge in [0.25, 0.3) is 0 Å². The average Bonchev–Trinajstić information content (AvgIpc) is 2.42. The summed E-state index contributed by atoms with van der Waals surface area (Å²) in [5.41, 5.74) is 1.32. The van der Waals surface area contributed by atoms with Gasteiger partial charge in [0.1, 0.15) is 11.6 Å². The third-order valence-electron chi connectivity index (χ3n) is 3.02. The van der Waals surface area contributed by atoms with Gasteiger partial charge in [0.05, 0.1) is 5.02 Å². The zero-order chi connectivity index (χ0) is 14.7. The van der Waals surface area contributed by atoms with Gasteiger partial charge in [-0.05, 0) is 58.7 Å². The van der Waals surface area contributed by atoms with Crippen molar-refractivity contribution < 1.29 is 8.78 Å². The molecule has 2 aromatic rings. The van der Waals surface area contributed by atoms with E-state index >= 15 is 0 Å². The molecule has 1 nitrogen and oxygen atoms in total. The molecule has 106 valence electrons. The summed E-state index contributed by atoms with van der Waals surface area (Å²) in [7, 11) is 0. The first kappa shape index (κ1) is 15.4. The highest BCUT2D eigenvalue weighted by molar-refractivity contribution is 9.10. The van der Waals surface area contributed by atoms with Crippen LogP contribution in [0.2, 0.25) is 5.02 Å². The molecule has 0 aromatic heterocycles. The zero-order valence-electron chi connectivity index (χ0n) is 10.8. The van der Waals surface area contributed by atoms with Crippen LogP contribution in [0.25, 0.3) is 0 Å². The maximum atomic E-state index is 13.6. The van der Waals surface area contributed by atoms with Gasteiger partial charge in [-0.15, -0.1) is 0 Å². The van der Waals surface area contributed by atoms with Crippen molar-refractivity contribution in [2.24, 2.45) is 0 Å². The van der Waals surface area contributed by atoms with Gasteiger partial charge >= 0.3 is 0 Å². The van der Waals surface area contributed by atoms with Crippen LogP contribution < -0.4 is 5.32 Å². The number of halogens is 4. The van der Waals surface area contributed by atoms with Crippen LogP contribution in [0.4, 0.5) is 8.78 Å². The highest BCUT2D eigenvalue weighted by Gasteiger charge is 2.11. The summed E-state index contributed by atoms with van der Waals surface area (Å²) in [5, 5.41) is 3.80. The van der Waals surface area contributed by atoms with Gasteiger partial charge in [0, 0.05) is 22.6 Å². The molecule has 0 aliphatic rings. The Labute approximate surface area is 130 Å². The summed E-state index contributed by atoms with van der Waals surface area (Å²) in [6, 6.07) is 8.74. The van der Waals surface area contributed by atoms with E-state index in [1.807, 2.05) is 12.1 Å². The summed E-state index contributed by atoms with van der Waals surface area (Å²) in [5.74, 6) is -0.854. The molecule has 2 aromatic carbocycles.